The Morgan fingerprint density at radius 1 is 1.00 bits per heavy atom. The maximum atomic E-state index is 14.0. The van der Waals surface area contributed by atoms with Crippen molar-refractivity contribution in [2.75, 3.05) is 13.7 Å². The number of hydrogen-bond donors (Lipinski definition) is 0. The summed E-state index contributed by atoms with van der Waals surface area (Å²) in [5, 5.41) is 0. The quantitative estimate of drug-likeness (QED) is 0.322. The number of carbonyl (C=O) groups excluding carboxylic acids is 2. The van der Waals surface area contributed by atoms with Crippen LogP contribution < -0.4 is 8.92 Å². The van der Waals surface area contributed by atoms with Crippen LogP contribution in [0.1, 0.15) is 47.5 Å². The minimum absolute atomic E-state index is 0.0687. The minimum atomic E-state index is -1.03. The zero-order valence-corrected chi connectivity index (χ0v) is 24.8. The number of methoxy groups -OCH3 is 1. The summed E-state index contributed by atoms with van der Waals surface area (Å²) in [5.41, 5.74) is -2.32. The molecule has 0 spiro atoms. The van der Waals surface area contributed by atoms with Gasteiger partial charge in [0.05, 0.1) is 0 Å². The summed E-state index contributed by atoms with van der Waals surface area (Å²) in [5.74, 6) is -1.30. The van der Waals surface area contributed by atoms with Crippen LogP contribution in [0.3, 0.4) is 0 Å². The van der Waals surface area contributed by atoms with Gasteiger partial charge >= 0.3 is 223 Å². The van der Waals surface area contributed by atoms with Crippen LogP contribution in [0.15, 0.2) is 60.7 Å². The summed E-state index contributed by atoms with van der Waals surface area (Å²) < 4.78 is 19.9. The van der Waals surface area contributed by atoms with Crippen LogP contribution in [0.25, 0.3) is 0 Å². The summed E-state index contributed by atoms with van der Waals surface area (Å²) in [6.45, 7) is 9.66. The van der Waals surface area contributed by atoms with E-state index in [0.29, 0.717) is 12.8 Å². The van der Waals surface area contributed by atoms with Crippen molar-refractivity contribution in [3.05, 3.63) is 60.7 Å². The van der Waals surface area contributed by atoms with Crippen LogP contribution in [0.5, 0.6) is 0 Å². The monoisotopic (exact) mass is 612 g/mol. The fraction of sp³-hybridized carbons (Fsp3) is 0.500. The van der Waals surface area contributed by atoms with Gasteiger partial charge in [0.1, 0.15) is 0 Å². The Kier molecular flexibility index (Phi) is 9.28. The predicted molar refractivity (Wildman–Crippen MR) is 140 cm³/mol. The van der Waals surface area contributed by atoms with E-state index in [1.807, 2.05) is 71.0 Å². The molecule has 0 aliphatic heterocycles. The summed E-state index contributed by atoms with van der Waals surface area (Å²) in [6, 6.07) is 20.6. The molecule has 0 heterocycles. The molecule has 1 fully saturated rings. The van der Waals surface area contributed by atoms with Crippen molar-refractivity contribution >= 4 is 50.8 Å². The first-order valence-electron chi connectivity index (χ1n) is 11.9. The fourth-order valence-electron chi connectivity index (χ4n) is 4.55. The van der Waals surface area contributed by atoms with Crippen LogP contribution in [-0.2, 0) is 23.8 Å². The van der Waals surface area contributed by atoms with Gasteiger partial charge in [-0.05, 0) is 0 Å². The van der Waals surface area contributed by atoms with Gasteiger partial charge in [0.2, 0.25) is 0 Å². The number of benzene rings is 2. The topological polar surface area (TPSA) is 61.8 Å². The molecule has 0 N–H and O–H groups in total. The van der Waals surface area contributed by atoms with Gasteiger partial charge in [0.25, 0.3) is 0 Å². The Balaban J connectivity index is 2.17. The third-order valence-electron chi connectivity index (χ3n) is 6.16. The summed E-state index contributed by atoms with van der Waals surface area (Å²) in [6.07, 6.45) is 0.844. The number of rotatable bonds is 9. The number of ether oxygens (including phenoxy) is 3. The first-order chi connectivity index (χ1) is 16.5. The third-order valence-corrected chi connectivity index (χ3v) is 13.2. The second-order valence-corrected chi connectivity index (χ2v) is 16.5. The van der Waals surface area contributed by atoms with E-state index < -0.39 is 22.5 Å². The van der Waals surface area contributed by atoms with E-state index in [-0.39, 0.29) is 52.2 Å². The van der Waals surface area contributed by atoms with Gasteiger partial charge in [-0.25, -0.2) is 0 Å². The molecular weight excluding hydrogens is 574 g/mol. The molecule has 1 aliphatic carbocycles. The standard InChI is InChI=1S/C28H36O5Se2/c1-7-32-24(30)28(19-27(5,31-6)18-22(28)23(29)33-26(2,3)4)25(34-20-14-10-8-11-15-20)35-21-16-12-9-13-17-21/h8-17,22,25H,7,18-19H2,1-6H3/t22-,27+,28+/m1/s1. The molecule has 1 aliphatic rings. The molecule has 3 atom stereocenters. The molecule has 2 aromatic rings. The molecule has 190 valence electrons. The number of esters is 2. The molecular formula is C28H36O5Se2. The predicted octanol–water partition coefficient (Wildman–Crippen LogP) is 3.50. The van der Waals surface area contributed by atoms with Gasteiger partial charge in [-0.2, -0.15) is 0 Å². The van der Waals surface area contributed by atoms with E-state index in [9.17, 15) is 9.59 Å². The van der Waals surface area contributed by atoms with E-state index >= 15 is 0 Å². The number of carbonyl (C=O) groups is 2. The Bertz CT molecular complexity index is 950. The molecule has 0 aromatic heterocycles. The molecule has 0 radical (unpaired) electrons. The van der Waals surface area contributed by atoms with E-state index in [1.54, 1.807) is 7.11 Å². The zero-order chi connectivity index (χ0) is 25.7. The summed E-state index contributed by atoms with van der Waals surface area (Å²) in [4.78, 5) is 27.7. The molecule has 3 rings (SSSR count). The van der Waals surface area contributed by atoms with Crippen molar-refractivity contribution in [3.8, 4) is 0 Å². The van der Waals surface area contributed by atoms with Crippen molar-refractivity contribution in [2.45, 2.75) is 62.4 Å². The normalized spacial score (nSPS) is 24.4. The zero-order valence-electron chi connectivity index (χ0n) is 21.4. The average molecular weight is 611 g/mol. The van der Waals surface area contributed by atoms with E-state index in [0.717, 1.165) is 0 Å². The van der Waals surface area contributed by atoms with Gasteiger partial charge in [0.15, 0.2) is 0 Å². The molecule has 1 saturated carbocycles. The van der Waals surface area contributed by atoms with Crippen LogP contribution in [0, 0.1) is 11.3 Å². The Hall–Kier alpha value is -1.62. The van der Waals surface area contributed by atoms with Gasteiger partial charge in [-0.15, -0.1) is 0 Å². The second-order valence-electron chi connectivity index (χ2n) is 10.1. The summed E-state index contributed by atoms with van der Waals surface area (Å²) >= 11 is -0.160. The maximum absolute atomic E-state index is 14.0. The van der Waals surface area contributed by atoms with Crippen molar-refractivity contribution in [1.82, 2.24) is 0 Å². The fourth-order valence-corrected chi connectivity index (χ4v) is 12.3. The molecule has 7 heteroatoms. The van der Waals surface area contributed by atoms with Crippen LogP contribution >= 0.6 is 0 Å². The first kappa shape index (κ1) is 28.0. The Labute approximate surface area is 222 Å². The molecule has 2 aromatic carbocycles. The van der Waals surface area contributed by atoms with E-state index in [4.69, 9.17) is 14.2 Å². The van der Waals surface area contributed by atoms with Crippen molar-refractivity contribution < 1.29 is 23.8 Å². The molecule has 5 nitrogen and oxygen atoms in total. The van der Waals surface area contributed by atoms with Gasteiger partial charge in [0, 0.05) is 0 Å². The Morgan fingerprint density at radius 3 is 1.94 bits per heavy atom. The number of hydrogen-bond acceptors (Lipinski definition) is 5. The molecule has 0 unspecified atom stereocenters. The van der Waals surface area contributed by atoms with Crippen LogP contribution in [0.2, 0.25) is 3.71 Å². The van der Waals surface area contributed by atoms with Gasteiger partial charge < -0.3 is 0 Å². The van der Waals surface area contributed by atoms with E-state index in [1.165, 1.54) is 8.92 Å². The summed E-state index contributed by atoms with van der Waals surface area (Å²) in [7, 11) is 1.66. The third kappa shape index (κ3) is 6.78. The first-order valence-corrected chi connectivity index (χ1v) is 15.6. The SMILES string of the molecule is CCOC(=O)[C@]1(C([Se]c2ccccc2)[Se]c2ccccc2)C[C@@](C)(OC)C[C@@H]1C(=O)OC(C)(C)C. The van der Waals surface area contributed by atoms with Crippen molar-refractivity contribution in [2.24, 2.45) is 11.3 Å². The van der Waals surface area contributed by atoms with Crippen LogP contribution in [0.4, 0.5) is 0 Å². The van der Waals surface area contributed by atoms with Crippen molar-refractivity contribution in [3.63, 3.8) is 0 Å². The Morgan fingerprint density at radius 2 is 1.51 bits per heavy atom. The van der Waals surface area contributed by atoms with Gasteiger partial charge in [-0.3, -0.25) is 0 Å². The molecule has 0 amide bonds. The van der Waals surface area contributed by atoms with Crippen LogP contribution in [-0.4, -0.2) is 66.8 Å². The second kappa shape index (κ2) is 11.6. The molecule has 0 saturated heterocycles. The van der Waals surface area contributed by atoms with Gasteiger partial charge in [-0.1, -0.05) is 0 Å². The average Bonchev–Trinajstić information content (AvgIpc) is 3.15. The molecule has 35 heavy (non-hydrogen) atoms. The van der Waals surface area contributed by atoms with Crippen molar-refractivity contribution in [1.29, 1.82) is 0 Å². The molecule has 0 bridgehead atoms. The van der Waals surface area contributed by atoms with E-state index in [2.05, 4.69) is 24.3 Å².